The van der Waals surface area contributed by atoms with Gasteiger partial charge in [0.15, 0.2) is 0 Å². The number of H-pyrrole nitrogens is 1. The summed E-state index contributed by atoms with van der Waals surface area (Å²) in [7, 11) is 0. The van der Waals surface area contributed by atoms with Crippen LogP contribution >= 0.6 is 34.4 Å². The molecule has 0 fully saturated rings. The van der Waals surface area contributed by atoms with E-state index in [0.29, 0.717) is 9.39 Å². The molecule has 3 nitrogen and oxygen atoms in total. The highest BCUT2D eigenvalue weighted by atomic mass is 127. The average molecular weight is 400 g/mol. The lowest BCUT2D eigenvalue weighted by atomic mass is 10.2. The van der Waals surface area contributed by atoms with Crippen molar-refractivity contribution in [2.75, 3.05) is 5.75 Å². The van der Waals surface area contributed by atoms with Crippen LogP contribution in [0.5, 0.6) is 0 Å². The van der Waals surface area contributed by atoms with E-state index in [1.165, 1.54) is 4.90 Å². The van der Waals surface area contributed by atoms with Crippen molar-refractivity contribution in [2.45, 2.75) is 31.6 Å². The highest BCUT2D eigenvalue weighted by molar-refractivity contribution is 14.1. The topological polar surface area (TPSA) is 45.8 Å². The molecule has 106 valence electrons. The number of aromatic nitrogens is 2. The van der Waals surface area contributed by atoms with E-state index in [0.717, 1.165) is 29.9 Å². The van der Waals surface area contributed by atoms with Crippen molar-refractivity contribution in [3.05, 3.63) is 43.9 Å². The third-order valence-electron chi connectivity index (χ3n) is 2.86. The third kappa shape index (κ3) is 3.63. The molecular weight excluding hydrogens is 383 g/mol. The van der Waals surface area contributed by atoms with Gasteiger partial charge in [0.25, 0.3) is 5.56 Å². The molecule has 0 unspecified atom stereocenters. The summed E-state index contributed by atoms with van der Waals surface area (Å²) in [5.74, 6) is 1.71. The molecule has 2 aromatic rings. The smallest absolute Gasteiger partial charge is 0.264 e. The maximum absolute atomic E-state index is 12.0. The molecule has 20 heavy (non-hydrogen) atoms. The Kier molecular flexibility index (Phi) is 5.65. The Morgan fingerprint density at radius 1 is 1.25 bits per heavy atom. The molecule has 0 atom stereocenters. The Morgan fingerprint density at radius 3 is 2.55 bits per heavy atom. The van der Waals surface area contributed by atoms with Crippen molar-refractivity contribution in [1.29, 1.82) is 0 Å². The van der Waals surface area contributed by atoms with Gasteiger partial charge in [-0.3, -0.25) is 4.79 Å². The fraction of sp³-hybridized carbons (Fsp3) is 0.333. The number of halogens is 1. The van der Waals surface area contributed by atoms with Gasteiger partial charge in [-0.2, -0.15) is 0 Å². The van der Waals surface area contributed by atoms with Gasteiger partial charge in [-0.05, 0) is 46.9 Å². The van der Waals surface area contributed by atoms with Crippen molar-refractivity contribution in [3.8, 4) is 11.4 Å². The zero-order valence-corrected chi connectivity index (χ0v) is 14.5. The molecule has 1 aromatic carbocycles. The molecule has 1 heterocycles. The first-order valence-corrected chi connectivity index (χ1v) is 8.74. The summed E-state index contributed by atoms with van der Waals surface area (Å²) in [4.78, 5) is 20.7. The number of aryl methyl sites for hydroxylation is 1. The lowest BCUT2D eigenvalue weighted by molar-refractivity contribution is 0.860. The monoisotopic (exact) mass is 400 g/mol. The van der Waals surface area contributed by atoms with Crippen molar-refractivity contribution >= 4 is 34.4 Å². The molecule has 0 aliphatic heterocycles. The normalized spacial score (nSPS) is 10.8. The fourth-order valence-electron chi connectivity index (χ4n) is 1.92. The number of nitrogens with one attached hydrogen (secondary N) is 1. The van der Waals surface area contributed by atoms with Crippen LogP contribution < -0.4 is 5.56 Å². The largest absolute Gasteiger partial charge is 0.306 e. The maximum Gasteiger partial charge on any atom is 0.264 e. The highest BCUT2D eigenvalue weighted by Crippen LogP contribution is 2.22. The van der Waals surface area contributed by atoms with Crippen LogP contribution in [-0.4, -0.2) is 15.7 Å². The van der Waals surface area contributed by atoms with Crippen LogP contribution in [0.4, 0.5) is 0 Å². The van der Waals surface area contributed by atoms with Crippen LogP contribution in [0.2, 0.25) is 0 Å². The van der Waals surface area contributed by atoms with E-state index in [-0.39, 0.29) is 5.56 Å². The number of hydrogen-bond donors (Lipinski definition) is 1. The molecule has 0 aliphatic rings. The lowest BCUT2D eigenvalue weighted by Gasteiger charge is -2.07. The molecule has 0 aliphatic carbocycles. The molecule has 5 heteroatoms. The van der Waals surface area contributed by atoms with Crippen LogP contribution in [0.15, 0.2) is 34.0 Å². The molecular formula is C15H17IN2OS. The van der Waals surface area contributed by atoms with Gasteiger partial charge in [-0.15, -0.1) is 11.8 Å². The molecule has 1 N–H and O–H groups in total. The molecule has 0 radical (unpaired) electrons. The Morgan fingerprint density at radius 2 is 1.95 bits per heavy atom. The van der Waals surface area contributed by atoms with Crippen molar-refractivity contribution in [3.63, 3.8) is 0 Å². The van der Waals surface area contributed by atoms with Gasteiger partial charge < -0.3 is 4.98 Å². The van der Waals surface area contributed by atoms with E-state index in [1.807, 2.05) is 12.1 Å². The minimum Gasteiger partial charge on any atom is -0.306 e. The van der Waals surface area contributed by atoms with Crippen molar-refractivity contribution in [2.24, 2.45) is 0 Å². The minimum atomic E-state index is -0.0499. The standard InChI is InChI=1S/C15H17IN2OS/c1-3-5-12-13(16)15(19)18-14(17-12)10-6-8-11(9-7-10)20-4-2/h6-9H,3-5H2,1-2H3,(H,17,18,19). The van der Waals surface area contributed by atoms with Gasteiger partial charge in [0.1, 0.15) is 5.82 Å². The molecule has 0 saturated carbocycles. The molecule has 1 aromatic heterocycles. The Balaban J connectivity index is 2.39. The number of benzene rings is 1. The van der Waals surface area contributed by atoms with Crippen molar-refractivity contribution in [1.82, 2.24) is 9.97 Å². The Labute approximate surface area is 136 Å². The van der Waals surface area contributed by atoms with Gasteiger partial charge >= 0.3 is 0 Å². The SMILES string of the molecule is CCCc1nc(-c2ccc(SCC)cc2)[nH]c(=O)c1I. The van der Waals surface area contributed by atoms with Gasteiger partial charge in [-0.25, -0.2) is 4.98 Å². The van der Waals surface area contributed by atoms with E-state index in [2.05, 4.69) is 58.5 Å². The molecule has 0 spiro atoms. The minimum absolute atomic E-state index is 0.0499. The fourth-order valence-corrected chi connectivity index (χ4v) is 3.11. The Hall–Kier alpha value is -0.820. The number of nitrogens with zero attached hydrogens (tertiary/aromatic N) is 1. The molecule has 0 saturated heterocycles. The molecule has 0 amide bonds. The van der Waals surface area contributed by atoms with Gasteiger partial charge in [0, 0.05) is 10.5 Å². The average Bonchev–Trinajstić information content (AvgIpc) is 2.45. The van der Waals surface area contributed by atoms with Crippen LogP contribution in [0.3, 0.4) is 0 Å². The summed E-state index contributed by atoms with van der Waals surface area (Å²) in [6.07, 6.45) is 1.82. The maximum atomic E-state index is 12.0. The number of hydrogen-bond acceptors (Lipinski definition) is 3. The first-order chi connectivity index (χ1) is 9.65. The van der Waals surface area contributed by atoms with E-state index >= 15 is 0 Å². The third-order valence-corrected chi connectivity index (χ3v) is 4.86. The predicted octanol–water partition coefficient (Wildman–Crippen LogP) is 4.11. The van der Waals surface area contributed by atoms with E-state index < -0.39 is 0 Å². The van der Waals surface area contributed by atoms with E-state index in [4.69, 9.17) is 0 Å². The van der Waals surface area contributed by atoms with Gasteiger partial charge in [0.05, 0.1) is 9.26 Å². The second-order valence-electron chi connectivity index (χ2n) is 4.38. The van der Waals surface area contributed by atoms with Crippen LogP contribution in [-0.2, 0) is 6.42 Å². The summed E-state index contributed by atoms with van der Waals surface area (Å²) in [5, 5.41) is 0. The summed E-state index contributed by atoms with van der Waals surface area (Å²) in [6.45, 7) is 4.23. The first kappa shape index (κ1) is 15.6. The van der Waals surface area contributed by atoms with E-state index in [9.17, 15) is 4.79 Å². The second kappa shape index (κ2) is 7.26. The zero-order chi connectivity index (χ0) is 14.5. The Bertz CT molecular complexity index is 637. The molecule has 0 bridgehead atoms. The van der Waals surface area contributed by atoms with Gasteiger partial charge in [-0.1, -0.05) is 32.4 Å². The number of aromatic amines is 1. The molecule has 2 rings (SSSR count). The van der Waals surface area contributed by atoms with Crippen LogP contribution in [0.1, 0.15) is 26.0 Å². The quantitative estimate of drug-likeness (QED) is 0.607. The summed E-state index contributed by atoms with van der Waals surface area (Å²) < 4.78 is 0.700. The van der Waals surface area contributed by atoms with Crippen molar-refractivity contribution < 1.29 is 0 Å². The highest BCUT2D eigenvalue weighted by Gasteiger charge is 2.09. The number of thioether (sulfide) groups is 1. The summed E-state index contributed by atoms with van der Waals surface area (Å²) in [5.41, 5.74) is 1.79. The van der Waals surface area contributed by atoms with Crippen LogP contribution in [0, 0.1) is 3.57 Å². The summed E-state index contributed by atoms with van der Waals surface area (Å²) in [6, 6.07) is 8.17. The summed E-state index contributed by atoms with van der Waals surface area (Å²) >= 11 is 3.87. The van der Waals surface area contributed by atoms with Crippen LogP contribution in [0.25, 0.3) is 11.4 Å². The lowest BCUT2D eigenvalue weighted by Crippen LogP contribution is -2.16. The first-order valence-electron chi connectivity index (χ1n) is 6.67. The number of rotatable bonds is 5. The predicted molar refractivity (Wildman–Crippen MR) is 93.4 cm³/mol. The zero-order valence-electron chi connectivity index (χ0n) is 11.6. The second-order valence-corrected chi connectivity index (χ2v) is 6.80. The van der Waals surface area contributed by atoms with Gasteiger partial charge in [0.2, 0.25) is 0 Å². The van der Waals surface area contributed by atoms with E-state index in [1.54, 1.807) is 11.8 Å².